The molecule has 2 aromatic carbocycles. The van der Waals surface area contributed by atoms with Crippen molar-refractivity contribution in [1.82, 2.24) is 13.2 Å². The van der Waals surface area contributed by atoms with E-state index in [1.165, 1.54) is 36.8 Å². The summed E-state index contributed by atoms with van der Waals surface area (Å²) in [7, 11) is -0.977. The Hall–Kier alpha value is -3.19. The zero-order valence-corrected chi connectivity index (χ0v) is 26.8. The van der Waals surface area contributed by atoms with E-state index in [-0.39, 0.29) is 9.79 Å². The van der Waals surface area contributed by atoms with Gasteiger partial charge in [0.2, 0.25) is 20.0 Å². The lowest BCUT2D eigenvalue weighted by molar-refractivity contribution is -0.670. The maximum atomic E-state index is 12.8. The summed E-state index contributed by atoms with van der Waals surface area (Å²) < 4.78 is 58.0. The number of aromatic nitrogens is 2. The SMILES string of the molecule is CCN1/C(=C\C=C\c2n(CC)c3cc(S(=O)(=O)N(C)C)ccc3[n+]2CC)N(CC)c2cc(S(=O)(=O)N(C)C)ccc21. The minimum Gasteiger partial charge on any atom is -0.326 e. The molecule has 41 heavy (non-hydrogen) atoms. The Balaban J connectivity index is 1.80. The summed E-state index contributed by atoms with van der Waals surface area (Å²) in [6.45, 7) is 11.0. The van der Waals surface area contributed by atoms with Crippen molar-refractivity contribution in [2.75, 3.05) is 51.1 Å². The number of sulfonamides is 2. The van der Waals surface area contributed by atoms with Crippen LogP contribution in [-0.2, 0) is 33.1 Å². The van der Waals surface area contributed by atoms with Crippen LogP contribution in [0.15, 0.2) is 64.2 Å². The molecule has 0 spiro atoms. The Morgan fingerprint density at radius 1 is 0.756 bits per heavy atom. The molecule has 1 aromatic heterocycles. The second-order valence-electron chi connectivity index (χ2n) is 10.1. The number of allylic oxidation sites excluding steroid dienone is 2. The minimum atomic E-state index is -3.56. The number of rotatable bonds is 10. The van der Waals surface area contributed by atoms with Gasteiger partial charge in [0.1, 0.15) is 5.82 Å². The fourth-order valence-electron chi connectivity index (χ4n) is 5.33. The molecule has 1 aliphatic heterocycles. The number of anilines is 2. The van der Waals surface area contributed by atoms with Gasteiger partial charge in [0, 0.05) is 53.4 Å². The highest BCUT2D eigenvalue weighted by Gasteiger charge is 2.31. The van der Waals surface area contributed by atoms with Crippen molar-refractivity contribution < 1.29 is 21.4 Å². The molecule has 4 rings (SSSR count). The van der Waals surface area contributed by atoms with Gasteiger partial charge in [0.05, 0.1) is 34.3 Å². The number of hydrogen-bond donors (Lipinski definition) is 0. The van der Waals surface area contributed by atoms with Gasteiger partial charge < -0.3 is 9.80 Å². The van der Waals surface area contributed by atoms with Gasteiger partial charge in [-0.15, -0.1) is 0 Å². The Bertz CT molecular complexity index is 1740. The van der Waals surface area contributed by atoms with Crippen molar-refractivity contribution in [1.29, 1.82) is 0 Å². The molecule has 0 saturated carbocycles. The van der Waals surface area contributed by atoms with Gasteiger partial charge in [-0.05, 0) is 64.1 Å². The van der Waals surface area contributed by atoms with Crippen molar-refractivity contribution in [2.24, 2.45) is 0 Å². The Kier molecular flexibility index (Phi) is 8.70. The quantitative estimate of drug-likeness (QED) is 0.330. The molecule has 0 atom stereocenters. The molecule has 0 unspecified atom stereocenters. The number of nitrogens with zero attached hydrogens (tertiary/aromatic N) is 6. The third kappa shape index (κ3) is 5.18. The van der Waals surface area contributed by atoms with E-state index in [1.807, 2.05) is 44.2 Å². The van der Waals surface area contributed by atoms with Gasteiger partial charge >= 0.3 is 0 Å². The van der Waals surface area contributed by atoms with Gasteiger partial charge in [-0.25, -0.2) is 34.6 Å². The topological polar surface area (TPSA) is 90.0 Å². The third-order valence-corrected chi connectivity index (χ3v) is 11.1. The van der Waals surface area contributed by atoms with Crippen LogP contribution in [0, 0.1) is 0 Å². The predicted molar refractivity (Wildman–Crippen MR) is 165 cm³/mol. The van der Waals surface area contributed by atoms with E-state index >= 15 is 0 Å². The van der Waals surface area contributed by atoms with Crippen LogP contribution < -0.4 is 14.4 Å². The summed E-state index contributed by atoms with van der Waals surface area (Å²) in [4.78, 5) is 4.83. The van der Waals surface area contributed by atoms with E-state index < -0.39 is 20.0 Å². The molecule has 0 saturated heterocycles. The molecular formula is C29H41N6O4S2+. The maximum Gasteiger partial charge on any atom is 0.282 e. The summed E-state index contributed by atoms with van der Waals surface area (Å²) in [5, 5.41) is 0. The Morgan fingerprint density at radius 3 is 1.85 bits per heavy atom. The highest BCUT2D eigenvalue weighted by atomic mass is 32.2. The number of hydrogen-bond acceptors (Lipinski definition) is 6. The number of imidazole rings is 1. The maximum absolute atomic E-state index is 12.8. The monoisotopic (exact) mass is 601 g/mol. The molecule has 3 aromatic rings. The molecule has 12 heteroatoms. The van der Waals surface area contributed by atoms with Gasteiger partial charge in [0.25, 0.3) is 5.82 Å². The zero-order valence-electron chi connectivity index (χ0n) is 25.2. The Labute approximate surface area is 244 Å². The van der Waals surface area contributed by atoms with Crippen LogP contribution in [0.3, 0.4) is 0 Å². The number of fused-ring (bicyclic) bond motifs is 2. The standard InChI is InChI=1S/C29H41N6O4S2/c1-9-32-24-18-16-22(40(36,37)30(5)6)20-26(24)34(11-3)28(32)14-13-15-29-33(10-2)25-19-17-23(41(38,39)31(7)8)21-27(25)35(29)12-4/h13-21H,9-12H2,1-8H3/q+1. The second kappa shape index (κ2) is 11.6. The third-order valence-electron chi connectivity index (χ3n) is 7.48. The van der Waals surface area contributed by atoms with Crippen LogP contribution in [0.25, 0.3) is 17.1 Å². The smallest absolute Gasteiger partial charge is 0.282 e. The van der Waals surface area contributed by atoms with Crippen LogP contribution in [-0.4, -0.2) is 71.3 Å². The average molecular weight is 602 g/mol. The molecule has 2 heterocycles. The molecule has 0 bridgehead atoms. The van der Waals surface area contributed by atoms with Gasteiger partial charge in [-0.1, -0.05) is 6.08 Å². The molecule has 1 aliphatic rings. The van der Waals surface area contributed by atoms with Crippen molar-refractivity contribution in [3.63, 3.8) is 0 Å². The van der Waals surface area contributed by atoms with Crippen LogP contribution in [0.5, 0.6) is 0 Å². The first kappa shape index (κ1) is 30.8. The van der Waals surface area contributed by atoms with Crippen LogP contribution in [0.1, 0.15) is 33.5 Å². The summed E-state index contributed by atoms with van der Waals surface area (Å²) >= 11 is 0. The molecular weight excluding hydrogens is 560 g/mol. The fraction of sp³-hybridized carbons (Fsp3) is 0.414. The van der Waals surface area contributed by atoms with E-state index in [0.29, 0.717) is 13.1 Å². The lowest BCUT2D eigenvalue weighted by Gasteiger charge is -2.23. The largest absolute Gasteiger partial charge is 0.326 e. The van der Waals surface area contributed by atoms with Gasteiger partial charge in [-0.2, -0.15) is 0 Å². The molecule has 0 aliphatic carbocycles. The lowest BCUT2D eigenvalue weighted by atomic mass is 10.2. The summed E-state index contributed by atoms with van der Waals surface area (Å²) in [6.07, 6.45) is 6.10. The van der Waals surface area contributed by atoms with Crippen molar-refractivity contribution >= 4 is 48.5 Å². The van der Waals surface area contributed by atoms with Crippen LogP contribution in [0.2, 0.25) is 0 Å². The normalized spacial score (nSPS) is 15.4. The van der Waals surface area contributed by atoms with Crippen molar-refractivity contribution in [3.05, 3.63) is 60.2 Å². The van der Waals surface area contributed by atoms with Crippen LogP contribution >= 0.6 is 0 Å². The number of aryl methyl sites for hydroxylation is 2. The average Bonchev–Trinajstić information content (AvgIpc) is 3.42. The molecule has 0 radical (unpaired) electrons. The minimum absolute atomic E-state index is 0.264. The van der Waals surface area contributed by atoms with E-state index in [2.05, 4.69) is 32.8 Å². The zero-order chi connectivity index (χ0) is 30.3. The van der Waals surface area contributed by atoms with Crippen LogP contribution in [0.4, 0.5) is 11.4 Å². The first-order chi connectivity index (χ1) is 19.3. The molecule has 10 nitrogen and oxygen atoms in total. The van der Waals surface area contributed by atoms with Crippen molar-refractivity contribution in [3.8, 4) is 0 Å². The fourth-order valence-corrected chi connectivity index (χ4v) is 7.18. The van der Waals surface area contributed by atoms with Gasteiger partial charge in [-0.3, -0.25) is 0 Å². The van der Waals surface area contributed by atoms with E-state index in [1.54, 1.807) is 24.3 Å². The highest BCUT2D eigenvalue weighted by molar-refractivity contribution is 7.89. The molecule has 222 valence electrons. The van der Waals surface area contributed by atoms with E-state index in [4.69, 9.17) is 0 Å². The predicted octanol–water partition coefficient (Wildman–Crippen LogP) is 3.69. The number of benzene rings is 2. The first-order valence-corrected chi connectivity index (χ1v) is 16.7. The summed E-state index contributed by atoms with van der Waals surface area (Å²) in [5.41, 5.74) is 3.65. The molecule has 0 N–H and O–H groups in total. The van der Waals surface area contributed by atoms with Gasteiger partial charge in [0.15, 0.2) is 11.0 Å². The second-order valence-corrected chi connectivity index (χ2v) is 14.4. The Morgan fingerprint density at radius 2 is 1.32 bits per heavy atom. The van der Waals surface area contributed by atoms with E-state index in [9.17, 15) is 16.8 Å². The summed E-state index contributed by atoms with van der Waals surface area (Å²) in [5.74, 6) is 1.92. The highest BCUT2D eigenvalue weighted by Crippen LogP contribution is 2.42. The van der Waals surface area contributed by atoms with Crippen molar-refractivity contribution in [2.45, 2.75) is 50.6 Å². The molecule has 0 amide bonds. The summed E-state index contributed by atoms with van der Waals surface area (Å²) in [6, 6.07) is 10.6. The van der Waals surface area contributed by atoms with E-state index in [0.717, 1.165) is 47.1 Å². The lowest BCUT2D eigenvalue weighted by Crippen LogP contribution is -2.35. The molecule has 0 fully saturated rings. The first-order valence-electron chi connectivity index (χ1n) is 13.8.